The van der Waals surface area contributed by atoms with E-state index in [2.05, 4.69) is 10.3 Å². The van der Waals surface area contributed by atoms with Crippen LogP contribution in [0.5, 0.6) is 0 Å². The largest absolute Gasteiger partial charge is 0.396 e. The molecule has 0 aliphatic heterocycles. The van der Waals surface area contributed by atoms with Gasteiger partial charge in [0.05, 0.1) is 10.9 Å². The standard InChI is InChI=1S/C16H21N3O3S/c1-3-19-15(22)12-5-4-11(8-13(12)18-16(19)23)14(21)17-9-10(2)6-7-20/h4-5,8,10,20H,3,6-7,9H2,1-2H3,(H,17,21)(H,18,23)/t10-/m1/s1. The molecule has 0 aliphatic rings. The summed E-state index contributed by atoms with van der Waals surface area (Å²) >= 11 is 5.17. The molecule has 0 saturated heterocycles. The summed E-state index contributed by atoms with van der Waals surface area (Å²) in [6.45, 7) is 4.90. The van der Waals surface area contributed by atoms with Crippen LogP contribution in [0.1, 0.15) is 30.6 Å². The highest BCUT2D eigenvalue weighted by atomic mass is 32.1. The van der Waals surface area contributed by atoms with E-state index in [0.717, 1.165) is 0 Å². The first-order valence-corrected chi connectivity index (χ1v) is 8.04. The Morgan fingerprint density at radius 2 is 2.22 bits per heavy atom. The number of nitrogens with zero attached hydrogens (tertiary/aromatic N) is 1. The van der Waals surface area contributed by atoms with Crippen LogP contribution in [0, 0.1) is 10.7 Å². The number of aromatic nitrogens is 2. The Kier molecular flexibility index (Phi) is 5.68. The van der Waals surface area contributed by atoms with E-state index in [1.807, 2.05) is 13.8 Å². The Hall–Kier alpha value is -1.99. The highest BCUT2D eigenvalue weighted by Gasteiger charge is 2.11. The van der Waals surface area contributed by atoms with Crippen molar-refractivity contribution in [1.82, 2.24) is 14.9 Å². The van der Waals surface area contributed by atoms with Crippen LogP contribution in [-0.4, -0.2) is 33.7 Å². The second kappa shape index (κ2) is 7.52. The van der Waals surface area contributed by atoms with E-state index in [4.69, 9.17) is 17.3 Å². The van der Waals surface area contributed by atoms with Crippen LogP contribution in [0.25, 0.3) is 10.9 Å². The molecule has 7 heteroatoms. The molecule has 0 unspecified atom stereocenters. The highest BCUT2D eigenvalue weighted by Crippen LogP contribution is 2.11. The first kappa shape index (κ1) is 17.4. The maximum Gasteiger partial charge on any atom is 0.262 e. The number of carbonyl (C=O) groups is 1. The van der Waals surface area contributed by atoms with E-state index in [9.17, 15) is 9.59 Å². The molecule has 23 heavy (non-hydrogen) atoms. The number of benzene rings is 1. The molecule has 0 fully saturated rings. The van der Waals surface area contributed by atoms with Gasteiger partial charge in [-0.1, -0.05) is 6.92 Å². The van der Waals surface area contributed by atoms with Gasteiger partial charge >= 0.3 is 0 Å². The minimum Gasteiger partial charge on any atom is -0.396 e. The van der Waals surface area contributed by atoms with Crippen LogP contribution in [0.3, 0.4) is 0 Å². The van der Waals surface area contributed by atoms with Crippen molar-refractivity contribution in [1.29, 1.82) is 0 Å². The SMILES string of the molecule is CCn1c(=S)[nH]c2cc(C(=O)NC[C@H](C)CCO)ccc2c1=O. The lowest BCUT2D eigenvalue weighted by atomic mass is 10.1. The number of rotatable bonds is 6. The number of nitrogens with one attached hydrogen (secondary N) is 2. The number of amides is 1. The van der Waals surface area contributed by atoms with Crippen LogP contribution >= 0.6 is 12.2 Å². The summed E-state index contributed by atoms with van der Waals surface area (Å²) in [5.74, 6) is -0.0114. The molecule has 2 rings (SSSR count). The first-order chi connectivity index (χ1) is 11.0. The molecular formula is C16H21N3O3S. The van der Waals surface area contributed by atoms with E-state index in [1.54, 1.807) is 18.2 Å². The summed E-state index contributed by atoms with van der Waals surface area (Å²) in [6, 6.07) is 4.91. The molecule has 0 aliphatic carbocycles. The molecule has 3 N–H and O–H groups in total. The minimum atomic E-state index is -0.212. The molecule has 1 aromatic heterocycles. The predicted molar refractivity (Wildman–Crippen MR) is 92.3 cm³/mol. The van der Waals surface area contributed by atoms with E-state index in [1.165, 1.54) is 4.57 Å². The molecule has 0 bridgehead atoms. The van der Waals surface area contributed by atoms with Crippen molar-refractivity contribution in [2.24, 2.45) is 5.92 Å². The summed E-state index contributed by atoms with van der Waals surface area (Å²) in [7, 11) is 0. The summed E-state index contributed by atoms with van der Waals surface area (Å²) in [6.07, 6.45) is 0.641. The van der Waals surface area contributed by atoms with E-state index in [-0.39, 0.29) is 24.0 Å². The highest BCUT2D eigenvalue weighted by molar-refractivity contribution is 7.71. The first-order valence-electron chi connectivity index (χ1n) is 7.63. The van der Waals surface area contributed by atoms with Crippen LogP contribution in [-0.2, 0) is 6.54 Å². The van der Waals surface area contributed by atoms with Gasteiger partial charge in [0.25, 0.3) is 11.5 Å². The van der Waals surface area contributed by atoms with Crippen LogP contribution in [0.15, 0.2) is 23.0 Å². The van der Waals surface area contributed by atoms with E-state index >= 15 is 0 Å². The fourth-order valence-electron chi connectivity index (χ4n) is 2.37. The lowest BCUT2D eigenvalue weighted by Gasteiger charge is -2.11. The van der Waals surface area contributed by atoms with Crippen molar-refractivity contribution < 1.29 is 9.90 Å². The lowest BCUT2D eigenvalue weighted by Crippen LogP contribution is -2.28. The van der Waals surface area contributed by atoms with Gasteiger partial charge in [-0.15, -0.1) is 0 Å². The molecule has 124 valence electrons. The van der Waals surface area contributed by atoms with Crippen LogP contribution in [0.4, 0.5) is 0 Å². The molecule has 1 aromatic carbocycles. The second-order valence-corrected chi connectivity index (χ2v) is 5.95. The summed E-state index contributed by atoms with van der Waals surface area (Å²) in [5, 5.41) is 12.2. The number of fused-ring (bicyclic) bond motifs is 1. The van der Waals surface area contributed by atoms with Crippen molar-refractivity contribution >= 4 is 29.0 Å². The third kappa shape index (κ3) is 3.86. The minimum absolute atomic E-state index is 0.104. The van der Waals surface area contributed by atoms with Gasteiger partial charge in [0, 0.05) is 25.3 Å². The van der Waals surface area contributed by atoms with Crippen LogP contribution < -0.4 is 10.9 Å². The molecule has 0 saturated carbocycles. The number of aliphatic hydroxyl groups excluding tert-OH is 1. The summed E-state index contributed by atoms with van der Waals surface area (Å²) in [5.41, 5.74) is 0.864. The van der Waals surface area contributed by atoms with E-state index in [0.29, 0.717) is 40.7 Å². The van der Waals surface area contributed by atoms with Gasteiger partial charge in [-0.2, -0.15) is 0 Å². The monoisotopic (exact) mass is 335 g/mol. The molecule has 6 nitrogen and oxygen atoms in total. The fraction of sp³-hybridized carbons (Fsp3) is 0.438. The number of aliphatic hydroxyl groups is 1. The van der Waals surface area contributed by atoms with Gasteiger partial charge in [-0.25, -0.2) is 0 Å². The summed E-state index contributed by atoms with van der Waals surface area (Å²) in [4.78, 5) is 27.5. The quantitative estimate of drug-likeness (QED) is 0.703. The third-order valence-electron chi connectivity index (χ3n) is 3.79. The number of hydrogen-bond donors (Lipinski definition) is 3. The zero-order valence-corrected chi connectivity index (χ0v) is 14.1. The predicted octanol–water partition coefficient (Wildman–Crippen LogP) is 1.83. The van der Waals surface area contributed by atoms with Crippen molar-refractivity contribution in [2.75, 3.05) is 13.2 Å². The van der Waals surface area contributed by atoms with Gasteiger partial charge in [0.1, 0.15) is 0 Å². The second-order valence-electron chi connectivity index (χ2n) is 5.57. The van der Waals surface area contributed by atoms with Gasteiger partial charge in [-0.05, 0) is 49.7 Å². The van der Waals surface area contributed by atoms with Crippen molar-refractivity contribution in [3.63, 3.8) is 0 Å². The molecular weight excluding hydrogens is 314 g/mol. The molecule has 1 atom stereocenters. The number of H-pyrrole nitrogens is 1. The third-order valence-corrected chi connectivity index (χ3v) is 4.12. The van der Waals surface area contributed by atoms with Crippen LogP contribution in [0.2, 0.25) is 0 Å². The Labute approximate surface area is 139 Å². The number of aromatic amines is 1. The zero-order valence-electron chi connectivity index (χ0n) is 13.3. The van der Waals surface area contributed by atoms with Crippen molar-refractivity contribution in [3.05, 3.63) is 38.9 Å². The van der Waals surface area contributed by atoms with E-state index < -0.39 is 0 Å². The summed E-state index contributed by atoms with van der Waals surface area (Å²) < 4.78 is 1.83. The molecule has 1 amide bonds. The Balaban J connectivity index is 2.28. The van der Waals surface area contributed by atoms with Gasteiger partial charge < -0.3 is 15.4 Å². The smallest absolute Gasteiger partial charge is 0.262 e. The lowest BCUT2D eigenvalue weighted by molar-refractivity contribution is 0.0945. The molecule has 2 aromatic rings. The Morgan fingerprint density at radius 1 is 1.48 bits per heavy atom. The number of carbonyl (C=O) groups excluding carboxylic acids is 1. The van der Waals surface area contributed by atoms with Gasteiger partial charge in [0.2, 0.25) is 0 Å². The average Bonchev–Trinajstić information content (AvgIpc) is 2.52. The number of hydrogen-bond acceptors (Lipinski definition) is 4. The average molecular weight is 335 g/mol. The maximum absolute atomic E-state index is 12.3. The van der Waals surface area contributed by atoms with Crippen molar-refractivity contribution in [2.45, 2.75) is 26.8 Å². The molecule has 1 heterocycles. The van der Waals surface area contributed by atoms with Crippen molar-refractivity contribution in [3.8, 4) is 0 Å². The fourth-order valence-corrected chi connectivity index (χ4v) is 2.70. The van der Waals surface area contributed by atoms with Gasteiger partial charge in [0.15, 0.2) is 4.77 Å². The normalized spacial score (nSPS) is 12.3. The molecule has 0 radical (unpaired) electrons. The molecule has 0 spiro atoms. The topological polar surface area (TPSA) is 87.1 Å². The zero-order chi connectivity index (χ0) is 17.0. The van der Waals surface area contributed by atoms with Gasteiger partial charge in [-0.3, -0.25) is 14.2 Å². The maximum atomic E-state index is 12.3. The Morgan fingerprint density at radius 3 is 2.87 bits per heavy atom. The Bertz CT molecular complexity index is 825.